The van der Waals surface area contributed by atoms with Crippen molar-refractivity contribution in [1.29, 1.82) is 0 Å². The molecule has 1 saturated heterocycles. The summed E-state index contributed by atoms with van der Waals surface area (Å²) in [5.74, 6) is 0.224. The molecule has 24 heavy (non-hydrogen) atoms. The molecule has 1 amide bonds. The SMILES string of the molecule is Cc1nc(CN2CCN(C(=O)CCc3ccccc3N)CC2)cs1. The van der Waals surface area contributed by atoms with E-state index in [1.807, 2.05) is 36.1 Å². The summed E-state index contributed by atoms with van der Waals surface area (Å²) in [5, 5.41) is 3.23. The van der Waals surface area contributed by atoms with Crippen LogP contribution >= 0.6 is 11.3 Å². The Balaban J connectivity index is 1.44. The number of carbonyl (C=O) groups is 1. The number of anilines is 1. The van der Waals surface area contributed by atoms with E-state index >= 15 is 0 Å². The Labute approximate surface area is 147 Å². The van der Waals surface area contributed by atoms with Gasteiger partial charge in [-0.2, -0.15) is 0 Å². The zero-order valence-corrected chi connectivity index (χ0v) is 14.9. The Morgan fingerprint density at radius 2 is 2.00 bits per heavy atom. The first kappa shape index (κ1) is 16.9. The molecule has 0 spiro atoms. The summed E-state index contributed by atoms with van der Waals surface area (Å²) in [6.45, 7) is 6.33. The van der Waals surface area contributed by atoms with Gasteiger partial charge in [-0.15, -0.1) is 11.3 Å². The maximum Gasteiger partial charge on any atom is 0.222 e. The Morgan fingerprint density at radius 3 is 2.67 bits per heavy atom. The van der Waals surface area contributed by atoms with Gasteiger partial charge in [-0.25, -0.2) is 4.98 Å². The Bertz CT molecular complexity index is 692. The number of rotatable bonds is 5. The third kappa shape index (κ3) is 4.33. The number of nitrogen functional groups attached to an aromatic ring is 1. The van der Waals surface area contributed by atoms with Gasteiger partial charge in [-0.1, -0.05) is 18.2 Å². The van der Waals surface area contributed by atoms with Gasteiger partial charge < -0.3 is 10.6 Å². The van der Waals surface area contributed by atoms with Crippen molar-refractivity contribution in [3.63, 3.8) is 0 Å². The number of carbonyl (C=O) groups excluding carboxylic acids is 1. The van der Waals surface area contributed by atoms with Crippen molar-refractivity contribution in [3.05, 3.63) is 45.9 Å². The lowest BCUT2D eigenvalue weighted by Gasteiger charge is -2.34. The predicted molar refractivity (Wildman–Crippen MR) is 97.9 cm³/mol. The number of para-hydroxylation sites is 1. The highest BCUT2D eigenvalue weighted by Gasteiger charge is 2.21. The van der Waals surface area contributed by atoms with E-state index in [0.717, 1.165) is 54.7 Å². The van der Waals surface area contributed by atoms with Gasteiger partial charge in [-0.3, -0.25) is 9.69 Å². The molecule has 1 aromatic heterocycles. The molecule has 0 aliphatic carbocycles. The first-order valence-electron chi connectivity index (χ1n) is 8.36. The molecule has 0 bridgehead atoms. The molecule has 3 rings (SSSR count). The van der Waals surface area contributed by atoms with Crippen LogP contribution in [-0.4, -0.2) is 46.9 Å². The average molecular weight is 344 g/mol. The van der Waals surface area contributed by atoms with E-state index in [1.54, 1.807) is 11.3 Å². The van der Waals surface area contributed by atoms with Gasteiger partial charge in [0.1, 0.15) is 0 Å². The van der Waals surface area contributed by atoms with Crippen molar-refractivity contribution in [1.82, 2.24) is 14.8 Å². The van der Waals surface area contributed by atoms with E-state index in [-0.39, 0.29) is 5.91 Å². The minimum absolute atomic E-state index is 0.224. The summed E-state index contributed by atoms with van der Waals surface area (Å²) in [7, 11) is 0. The molecule has 2 heterocycles. The summed E-state index contributed by atoms with van der Waals surface area (Å²) in [6, 6.07) is 7.77. The van der Waals surface area contributed by atoms with Crippen molar-refractivity contribution in [2.75, 3.05) is 31.9 Å². The van der Waals surface area contributed by atoms with Gasteiger partial charge in [0.2, 0.25) is 5.91 Å². The highest BCUT2D eigenvalue weighted by Crippen LogP contribution is 2.15. The summed E-state index contributed by atoms with van der Waals surface area (Å²) in [4.78, 5) is 21.3. The van der Waals surface area contributed by atoms with Gasteiger partial charge in [0.05, 0.1) is 10.7 Å². The van der Waals surface area contributed by atoms with Crippen molar-refractivity contribution >= 4 is 22.9 Å². The second kappa shape index (κ2) is 7.77. The van der Waals surface area contributed by atoms with E-state index in [4.69, 9.17) is 5.73 Å². The standard InChI is InChI=1S/C18H24N4OS/c1-14-20-16(13-24-14)12-21-8-10-22(11-9-21)18(23)7-6-15-4-2-3-5-17(15)19/h2-5,13H,6-12,19H2,1H3. The van der Waals surface area contributed by atoms with Crippen LogP contribution in [0.3, 0.4) is 0 Å². The first-order chi connectivity index (χ1) is 11.6. The Hall–Kier alpha value is -1.92. The lowest BCUT2D eigenvalue weighted by atomic mass is 10.1. The summed E-state index contributed by atoms with van der Waals surface area (Å²) in [5.41, 5.74) is 8.91. The van der Waals surface area contributed by atoms with Crippen LogP contribution in [0.5, 0.6) is 0 Å². The first-order valence-corrected chi connectivity index (χ1v) is 9.24. The third-order valence-electron chi connectivity index (χ3n) is 4.44. The molecular formula is C18H24N4OS. The maximum absolute atomic E-state index is 12.4. The Kier molecular flexibility index (Phi) is 5.48. The van der Waals surface area contributed by atoms with Crippen molar-refractivity contribution in [2.45, 2.75) is 26.3 Å². The fourth-order valence-corrected chi connectivity index (χ4v) is 3.63. The molecular weight excluding hydrogens is 320 g/mol. The summed E-state index contributed by atoms with van der Waals surface area (Å²) in [6.07, 6.45) is 1.24. The third-order valence-corrected chi connectivity index (χ3v) is 5.26. The van der Waals surface area contributed by atoms with Crippen molar-refractivity contribution in [3.8, 4) is 0 Å². The van der Waals surface area contributed by atoms with Crippen LogP contribution in [0.15, 0.2) is 29.6 Å². The number of benzene rings is 1. The second-order valence-corrected chi connectivity index (χ2v) is 7.28. The van der Waals surface area contributed by atoms with Crippen LogP contribution in [-0.2, 0) is 17.8 Å². The van der Waals surface area contributed by atoms with Crippen LogP contribution in [0, 0.1) is 6.92 Å². The van der Waals surface area contributed by atoms with Crippen molar-refractivity contribution in [2.24, 2.45) is 0 Å². The van der Waals surface area contributed by atoms with Gasteiger partial charge >= 0.3 is 0 Å². The number of hydrogen-bond acceptors (Lipinski definition) is 5. The Morgan fingerprint density at radius 1 is 1.25 bits per heavy atom. The number of hydrogen-bond donors (Lipinski definition) is 1. The molecule has 1 fully saturated rings. The monoisotopic (exact) mass is 344 g/mol. The normalized spacial score (nSPS) is 15.6. The molecule has 0 unspecified atom stereocenters. The van der Waals surface area contributed by atoms with Crippen LogP contribution < -0.4 is 5.73 Å². The fourth-order valence-electron chi connectivity index (χ4n) is 3.03. The van der Waals surface area contributed by atoms with E-state index in [1.165, 1.54) is 0 Å². The van der Waals surface area contributed by atoms with Crippen LogP contribution in [0.2, 0.25) is 0 Å². The molecule has 6 heteroatoms. The largest absolute Gasteiger partial charge is 0.399 e. The molecule has 0 saturated carbocycles. The minimum Gasteiger partial charge on any atom is -0.399 e. The molecule has 2 aromatic rings. The smallest absolute Gasteiger partial charge is 0.222 e. The van der Waals surface area contributed by atoms with Crippen LogP contribution in [0.4, 0.5) is 5.69 Å². The molecule has 0 radical (unpaired) electrons. The number of aryl methyl sites for hydroxylation is 2. The molecule has 128 valence electrons. The molecule has 0 atom stereocenters. The fraction of sp³-hybridized carbons (Fsp3) is 0.444. The number of nitrogens with two attached hydrogens (primary N) is 1. The van der Waals surface area contributed by atoms with E-state index in [2.05, 4.69) is 15.3 Å². The number of piperazine rings is 1. The van der Waals surface area contributed by atoms with Gasteiger partial charge in [0, 0.05) is 50.2 Å². The number of thiazole rings is 1. The van der Waals surface area contributed by atoms with E-state index in [9.17, 15) is 4.79 Å². The molecule has 2 N–H and O–H groups in total. The second-order valence-electron chi connectivity index (χ2n) is 6.21. The topological polar surface area (TPSA) is 62.5 Å². The van der Waals surface area contributed by atoms with Crippen molar-refractivity contribution < 1.29 is 4.79 Å². The number of nitrogens with zero attached hydrogens (tertiary/aromatic N) is 3. The zero-order valence-electron chi connectivity index (χ0n) is 14.1. The predicted octanol–water partition coefficient (Wildman–Crippen LogP) is 2.31. The summed E-state index contributed by atoms with van der Waals surface area (Å²) < 4.78 is 0. The zero-order chi connectivity index (χ0) is 16.9. The molecule has 1 aliphatic rings. The molecule has 1 aromatic carbocycles. The maximum atomic E-state index is 12.4. The highest BCUT2D eigenvalue weighted by molar-refractivity contribution is 7.09. The van der Waals surface area contributed by atoms with Crippen LogP contribution in [0.1, 0.15) is 22.7 Å². The average Bonchev–Trinajstić information content (AvgIpc) is 2.99. The van der Waals surface area contributed by atoms with E-state index < -0.39 is 0 Å². The molecule has 1 aliphatic heterocycles. The number of aromatic nitrogens is 1. The van der Waals surface area contributed by atoms with Crippen LogP contribution in [0.25, 0.3) is 0 Å². The minimum atomic E-state index is 0.224. The summed E-state index contributed by atoms with van der Waals surface area (Å²) >= 11 is 1.69. The van der Waals surface area contributed by atoms with Gasteiger partial charge in [0.15, 0.2) is 0 Å². The number of amides is 1. The van der Waals surface area contributed by atoms with E-state index in [0.29, 0.717) is 12.8 Å². The highest BCUT2D eigenvalue weighted by atomic mass is 32.1. The van der Waals surface area contributed by atoms with Gasteiger partial charge in [-0.05, 0) is 25.0 Å². The van der Waals surface area contributed by atoms with Gasteiger partial charge in [0.25, 0.3) is 0 Å². The quantitative estimate of drug-likeness (QED) is 0.846. The lowest BCUT2D eigenvalue weighted by Crippen LogP contribution is -2.48. The lowest BCUT2D eigenvalue weighted by molar-refractivity contribution is -0.133. The molecule has 5 nitrogen and oxygen atoms in total.